The molecule has 2 heterocycles. The molecule has 24 heavy (non-hydrogen) atoms. The van der Waals surface area contributed by atoms with Crippen LogP contribution in [0.25, 0.3) is 10.9 Å². The summed E-state index contributed by atoms with van der Waals surface area (Å²) in [7, 11) is 0. The Bertz CT molecular complexity index is 793. The third-order valence-electron chi connectivity index (χ3n) is 4.42. The normalized spacial score (nSPS) is 15.5. The van der Waals surface area contributed by atoms with Gasteiger partial charge in [-0.25, -0.2) is 4.39 Å². The first kappa shape index (κ1) is 16.4. The lowest BCUT2D eigenvalue weighted by Gasteiger charge is -2.31. The Hall–Kier alpha value is -2.50. The number of aromatic nitrogens is 1. The highest BCUT2D eigenvalue weighted by molar-refractivity contribution is 6.06. The van der Waals surface area contributed by atoms with Crippen LogP contribution in [0.1, 0.15) is 35.8 Å². The van der Waals surface area contributed by atoms with E-state index in [0.717, 1.165) is 12.8 Å². The number of carbonyl (C=O) groups is 2. The number of hydrogen-bond acceptors (Lipinski definition) is 3. The summed E-state index contributed by atoms with van der Waals surface area (Å²) in [5, 5.41) is 3.67. The van der Waals surface area contributed by atoms with Gasteiger partial charge in [-0.05, 0) is 38.0 Å². The molecular weight excluding hydrogens is 309 g/mol. The van der Waals surface area contributed by atoms with Gasteiger partial charge in [0.05, 0.1) is 11.1 Å². The number of amides is 2. The van der Waals surface area contributed by atoms with Gasteiger partial charge in [0.25, 0.3) is 5.91 Å². The van der Waals surface area contributed by atoms with Gasteiger partial charge in [0.1, 0.15) is 5.82 Å². The second-order valence-corrected chi connectivity index (χ2v) is 6.23. The maximum absolute atomic E-state index is 13.4. The molecule has 1 aliphatic rings. The zero-order valence-corrected chi connectivity index (χ0v) is 13.8. The summed E-state index contributed by atoms with van der Waals surface area (Å²) < 4.78 is 13.4. The average Bonchev–Trinajstić information content (AvgIpc) is 2.54. The minimum Gasteiger partial charge on any atom is -0.349 e. The van der Waals surface area contributed by atoms with Gasteiger partial charge in [0.2, 0.25) is 5.91 Å². The van der Waals surface area contributed by atoms with Crippen LogP contribution in [0.15, 0.2) is 24.3 Å². The summed E-state index contributed by atoms with van der Waals surface area (Å²) in [6.45, 7) is 4.65. The fourth-order valence-corrected chi connectivity index (χ4v) is 3.12. The molecule has 1 N–H and O–H groups in total. The van der Waals surface area contributed by atoms with Crippen molar-refractivity contribution in [3.05, 3.63) is 41.3 Å². The van der Waals surface area contributed by atoms with Crippen molar-refractivity contribution in [2.45, 2.75) is 32.7 Å². The van der Waals surface area contributed by atoms with Crippen LogP contribution in [-0.4, -0.2) is 40.8 Å². The lowest BCUT2D eigenvalue weighted by molar-refractivity contribution is -0.129. The summed E-state index contributed by atoms with van der Waals surface area (Å²) >= 11 is 0. The molecule has 3 rings (SSSR count). The van der Waals surface area contributed by atoms with Gasteiger partial charge < -0.3 is 10.2 Å². The number of hydrogen-bond donors (Lipinski definition) is 1. The lowest BCUT2D eigenvalue weighted by atomic mass is 10.0. The van der Waals surface area contributed by atoms with Crippen LogP contribution < -0.4 is 5.32 Å². The predicted octanol–water partition coefficient (Wildman–Crippen LogP) is 2.42. The summed E-state index contributed by atoms with van der Waals surface area (Å²) in [6, 6.07) is 6.02. The summed E-state index contributed by atoms with van der Waals surface area (Å²) in [5.74, 6) is -0.487. The van der Waals surface area contributed by atoms with Crippen molar-refractivity contribution in [2.75, 3.05) is 13.1 Å². The molecule has 0 spiro atoms. The Morgan fingerprint density at radius 2 is 1.96 bits per heavy atom. The van der Waals surface area contributed by atoms with Gasteiger partial charge in [-0.1, -0.05) is 0 Å². The van der Waals surface area contributed by atoms with Crippen LogP contribution in [0, 0.1) is 12.7 Å². The maximum atomic E-state index is 13.4. The fraction of sp³-hybridized carbons (Fsp3) is 0.389. The molecule has 1 fully saturated rings. The van der Waals surface area contributed by atoms with Crippen molar-refractivity contribution in [2.24, 2.45) is 0 Å². The third kappa shape index (κ3) is 3.37. The number of nitrogens with one attached hydrogen (secondary N) is 1. The van der Waals surface area contributed by atoms with E-state index >= 15 is 0 Å². The number of pyridine rings is 1. The van der Waals surface area contributed by atoms with E-state index in [9.17, 15) is 14.0 Å². The number of fused-ring (bicyclic) bond motifs is 1. The number of carbonyl (C=O) groups excluding carboxylic acids is 2. The summed E-state index contributed by atoms with van der Waals surface area (Å²) in [4.78, 5) is 30.1. The average molecular weight is 329 g/mol. The summed E-state index contributed by atoms with van der Waals surface area (Å²) in [6.07, 6.45) is 1.48. The number of piperidine rings is 1. The first-order valence-corrected chi connectivity index (χ1v) is 8.07. The largest absolute Gasteiger partial charge is 0.349 e. The van der Waals surface area contributed by atoms with Crippen LogP contribution in [0.3, 0.4) is 0 Å². The van der Waals surface area contributed by atoms with Gasteiger partial charge in [-0.15, -0.1) is 0 Å². The second kappa shape index (κ2) is 6.55. The molecule has 5 nitrogen and oxygen atoms in total. The van der Waals surface area contributed by atoms with Gasteiger partial charge in [-0.2, -0.15) is 0 Å². The number of likely N-dealkylation sites (tertiary alicyclic amines) is 1. The van der Waals surface area contributed by atoms with Gasteiger partial charge >= 0.3 is 0 Å². The molecule has 1 aromatic carbocycles. The molecule has 0 bridgehead atoms. The van der Waals surface area contributed by atoms with Crippen molar-refractivity contribution in [1.82, 2.24) is 15.2 Å². The Morgan fingerprint density at radius 1 is 1.25 bits per heavy atom. The first-order valence-electron chi connectivity index (χ1n) is 8.07. The Labute approximate surface area is 139 Å². The Balaban J connectivity index is 1.78. The van der Waals surface area contributed by atoms with E-state index < -0.39 is 0 Å². The number of benzene rings is 1. The molecule has 1 saturated heterocycles. The van der Waals surface area contributed by atoms with E-state index in [1.54, 1.807) is 30.9 Å². The monoisotopic (exact) mass is 329 g/mol. The van der Waals surface area contributed by atoms with Crippen molar-refractivity contribution in [3.8, 4) is 0 Å². The molecule has 1 aliphatic heterocycles. The minimum atomic E-state index is -0.372. The van der Waals surface area contributed by atoms with E-state index in [2.05, 4.69) is 10.3 Å². The van der Waals surface area contributed by atoms with Gasteiger partial charge in [-0.3, -0.25) is 14.6 Å². The van der Waals surface area contributed by atoms with E-state index in [-0.39, 0.29) is 23.7 Å². The highest BCUT2D eigenvalue weighted by atomic mass is 19.1. The standard InChI is InChI=1S/C18H20FN3O2/c1-11-9-16(15-4-3-13(19)10-17(15)20-11)18(24)21-14-5-7-22(8-6-14)12(2)23/h3-4,9-10,14H,5-8H2,1-2H3,(H,21,24). The van der Waals surface area contributed by atoms with Crippen molar-refractivity contribution in [3.63, 3.8) is 0 Å². The van der Waals surface area contributed by atoms with Crippen molar-refractivity contribution in [1.29, 1.82) is 0 Å². The van der Waals surface area contributed by atoms with Crippen molar-refractivity contribution >= 4 is 22.7 Å². The van der Waals surface area contributed by atoms with Crippen LogP contribution >= 0.6 is 0 Å². The van der Waals surface area contributed by atoms with E-state index in [0.29, 0.717) is 35.2 Å². The van der Waals surface area contributed by atoms with Crippen molar-refractivity contribution < 1.29 is 14.0 Å². The zero-order valence-electron chi connectivity index (χ0n) is 13.8. The smallest absolute Gasteiger partial charge is 0.252 e. The Morgan fingerprint density at radius 3 is 2.62 bits per heavy atom. The first-order chi connectivity index (χ1) is 11.4. The molecule has 126 valence electrons. The number of rotatable bonds is 2. The maximum Gasteiger partial charge on any atom is 0.252 e. The van der Waals surface area contributed by atoms with Crippen LogP contribution in [0.4, 0.5) is 4.39 Å². The van der Waals surface area contributed by atoms with E-state index in [1.165, 1.54) is 12.1 Å². The molecule has 2 amide bonds. The topological polar surface area (TPSA) is 62.3 Å². The quantitative estimate of drug-likeness (QED) is 0.920. The predicted molar refractivity (Wildman–Crippen MR) is 89.2 cm³/mol. The zero-order chi connectivity index (χ0) is 17.3. The van der Waals surface area contributed by atoms with Crippen LogP contribution in [0.2, 0.25) is 0 Å². The number of nitrogens with zero attached hydrogens (tertiary/aromatic N) is 2. The lowest BCUT2D eigenvalue weighted by Crippen LogP contribution is -2.46. The minimum absolute atomic E-state index is 0.0390. The van der Waals surface area contributed by atoms with Crippen LogP contribution in [0.5, 0.6) is 0 Å². The highest BCUT2D eigenvalue weighted by Crippen LogP contribution is 2.20. The molecule has 2 aromatic rings. The number of aryl methyl sites for hydroxylation is 1. The summed E-state index contributed by atoms with van der Waals surface area (Å²) in [5.41, 5.74) is 1.66. The fourth-order valence-electron chi connectivity index (χ4n) is 3.12. The van der Waals surface area contributed by atoms with E-state index in [1.807, 2.05) is 0 Å². The van der Waals surface area contributed by atoms with Gasteiger partial charge in [0.15, 0.2) is 0 Å². The van der Waals surface area contributed by atoms with Gasteiger partial charge in [0, 0.05) is 43.2 Å². The molecule has 0 aliphatic carbocycles. The van der Waals surface area contributed by atoms with E-state index in [4.69, 9.17) is 0 Å². The molecule has 0 unspecified atom stereocenters. The molecule has 6 heteroatoms. The SMILES string of the molecule is CC(=O)N1CCC(NC(=O)c2cc(C)nc3cc(F)ccc23)CC1. The van der Waals surface area contributed by atoms with Crippen LogP contribution in [-0.2, 0) is 4.79 Å². The molecule has 0 saturated carbocycles. The molecule has 1 aromatic heterocycles. The highest BCUT2D eigenvalue weighted by Gasteiger charge is 2.23. The second-order valence-electron chi connectivity index (χ2n) is 6.23. The third-order valence-corrected chi connectivity index (χ3v) is 4.42. The number of halogens is 1. The molecule has 0 atom stereocenters. The Kier molecular flexibility index (Phi) is 4.46. The molecular formula is C18H20FN3O2. The molecule has 0 radical (unpaired) electrons.